The van der Waals surface area contributed by atoms with Gasteiger partial charge in [0, 0.05) is 12.6 Å². The third-order valence-corrected chi connectivity index (χ3v) is 2.52. The summed E-state index contributed by atoms with van der Waals surface area (Å²) in [6, 6.07) is 6.28. The van der Waals surface area contributed by atoms with Crippen LogP contribution in [0.2, 0.25) is 0 Å². The van der Waals surface area contributed by atoms with Crippen LogP contribution >= 0.6 is 0 Å². The van der Waals surface area contributed by atoms with E-state index >= 15 is 0 Å². The van der Waals surface area contributed by atoms with Gasteiger partial charge in [-0.3, -0.25) is 9.48 Å². The van der Waals surface area contributed by atoms with Gasteiger partial charge in [-0.15, -0.1) is 0 Å². The topological polar surface area (TPSA) is 34.9 Å². The van der Waals surface area contributed by atoms with Crippen molar-refractivity contribution in [3.05, 3.63) is 41.6 Å². The molecule has 0 spiro atoms. The van der Waals surface area contributed by atoms with Crippen LogP contribution in [0.15, 0.2) is 30.3 Å². The van der Waals surface area contributed by atoms with Crippen molar-refractivity contribution in [2.24, 2.45) is 7.05 Å². The van der Waals surface area contributed by atoms with Gasteiger partial charge < -0.3 is 0 Å². The fourth-order valence-corrected chi connectivity index (χ4v) is 1.59. The smallest absolute Gasteiger partial charge is 0.296 e. The third kappa shape index (κ3) is 2.27. The number of rotatable bonds is 2. The number of aldehydes is 1. The Labute approximate surface area is 101 Å². The number of alkyl halides is 3. The minimum atomic E-state index is -4.39. The van der Waals surface area contributed by atoms with E-state index in [2.05, 4.69) is 5.10 Å². The molecule has 0 saturated carbocycles. The van der Waals surface area contributed by atoms with Gasteiger partial charge in [-0.2, -0.15) is 18.3 Å². The van der Waals surface area contributed by atoms with Crippen molar-refractivity contribution in [3.63, 3.8) is 0 Å². The molecule has 1 heterocycles. The van der Waals surface area contributed by atoms with Gasteiger partial charge in [0.05, 0.1) is 11.3 Å². The van der Waals surface area contributed by atoms with E-state index in [9.17, 15) is 18.0 Å². The van der Waals surface area contributed by atoms with Gasteiger partial charge in [0.1, 0.15) is 5.69 Å². The third-order valence-electron chi connectivity index (χ3n) is 2.52. The van der Waals surface area contributed by atoms with E-state index in [1.54, 1.807) is 7.05 Å². The molecular formula is C12H9F3N2O. The highest BCUT2D eigenvalue weighted by atomic mass is 19.4. The normalized spacial score (nSPS) is 11.6. The first-order valence-corrected chi connectivity index (χ1v) is 5.08. The summed E-state index contributed by atoms with van der Waals surface area (Å²) in [5.41, 5.74) is 0.236. The second-order valence-electron chi connectivity index (χ2n) is 3.77. The standard InChI is InChI=1S/C12H9F3N2O/c1-17-10(7-18)6-11(16-17)8-3-2-4-9(5-8)12(13,14)15/h2-7H,1H3. The van der Waals surface area contributed by atoms with Gasteiger partial charge in [-0.1, -0.05) is 12.1 Å². The highest BCUT2D eigenvalue weighted by Crippen LogP contribution is 2.31. The van der Waals surface area contributed by atoms with Crippen molar-refractivity contribution >= 4 is 6.29 Å². The predicted molar refractivity (Wildman–Crippen MR) is 59.0 cm³/mol. The predicted octanol–water partition coefficient (Wildman–Crippen LogP) is 2.92. The largest absolute Gasteiger partial charge is 0.416 e. The van der Waals surface area contributed by atoms with Crippen LogP contribution in [-0.4, -0.2) is 16.1 Å². The lowest BCUT2D eigenvalue weighted by Gasteiger charge is -2.07. The maximum atomic E-state index is 12.6. The maximum absolute atomic E-state index is 12.6. The molecule has 0 fully saturated rings. The lowest BCUT2D eigenvalue weighted by atomic mass is 10.1. The second-order valence-corrected chi connectivity index (χ2v) is 3.77. The van der Waals surface area contributed by atoms with Crippen LogP contribution in [0.4, 0.5) is 13.2 Å². The first-order chi connectivity index (χ1) is 8.41. The van der Waals surface area contributed by atoms with E-state index in [1.807, 2.05) is 0 Å². The van der Waals surface area contributed by atoms with Crippen LogP contribution in [0.25, 0.3) is 11.3 Å². The zero-order valence-electron chi connectivity index (χ0n) is 9.40. The van der Waals surface area contributed by atoms with Crippen LogP contribution in [0.3, 0.4) is 0 Å². The Balaban J connectivity index is 2.47. The molecule has 0 aliphatic carbocycles. The molecule has 0 atom stereocenters. The molecule has 18 heavy (non-hydrogen) atoms. The van der Waals surface area contributed by atoms with Crippen LogP contribution < -0.4 is 0 Å². The summed E-state index contributed by atoms with van der Waals surface area (Å²) in [6.45, 7) is 0. The molecule has 0 aliphatic heterocycles. The number of hydrogen-bond acceptors (Lipinski definition) is 2. The number of nitrogens with zero attached hydrogens (tertiary/aromatic N) is 2. The van der Waals surface area contributed by atoms with Crippen LogP contribution in [0.5, 0.6) is 0 Å². The Morgan fingerprint density at radius 3 is 2.56 bits per heavy atom. The molecular weight excluding hydrogens is 245 g/mol. The molecule has 6 heteroatoms. The van der Waals surface area contributed by atoms with E-state index in [1.165, 1.54) is 22.9 Å². The molecule has 0 aliphatic rings. The monoisotopic (exact) mass is 254 g/mol. The molecule has 1 aromatic carbocycles. The van der Waals surface area contributed by atoms with E-state index in [-0.39, 0.29) is 0 Å². The molecule has 3 nitrogen and oxygen atoms in total. The van der Waals surface area contributed by atoms with Crippen molar-refractivity contribution in [2.75, 3.05) is 0 Å². The minimum absolute atomic E-state index is 0.308. The molecule has 0 N–H and O–H groups in total. The van der Waals surface area contributed by atoms with E-state index in [4.69, 9.17) is 0 Å². The Hall–Kier alpha value is -2.11. The lowest BCUT2D eigenvalue weighted by molar-refractivity contribution is -0.137. The summed E-state index contributed by atoms with van der Waals surface area (Å²) in [6.07, 6.45) is -3.79. The fraction of sp³-hybridized carbons (Fsp3) is 0.167. The quantitative estimate of drug-likeness (QED) is 0.772. The van der Waals surface area contributed by atoms with Crippen molar-refractivity contribution in [1.29, 1.82) is 0 Å². The van der Waals surface area contributed by atoms with E-state index < -0.39 is 11.7 Å². The summed E-state index contributed by atoms with van der Waals surface area (Å²) in [7, 11) is 1.56. The van der Waals surface area contributed by atoms with E-state index in [0.29, 0.717) is 23.2 Å². The number of carbonyl (C=O) groups excluding carboxylic acids is 1. The Kier molecular flexibility index (Phi) is 2.94. The summed E-state index contributed by atoms with van der Waals surface area (Å²) in [5.74, 6) is 0. The Morgan fingerprint density at radius 2 is 2.00 bits per heavy atom. The van der Waals surface area contributed by atoms with Crippen molar-refractivity contribution in [2.45, 2.75) is 6.18 Å². The van der Waals surface area contributed by atoms with E-state index in [0.717, 1.165) is 12.1 Å². The molecule has 0 bridgehead atoms. The SMILES string of the molecule is Cn1nc(-c2cccc(C(F)(F)F)c2)cc1C=O. The highest BCUT2D eigenvalue weighted by Gasteiger charge is 2.30. The first kappa shape index (κ1) is 12.3. The van der Waals surface area contributed by atoms with Crippen molar-refractivity contribution < 1.29 is 18.0 Å². The molecule has 1 aromatic heterocycles. The zero-order chi connectivity index (χ0) is 13.3. The number of halogens is 3. The molecule has 0 unspecified atom stereocenters. The molecule has 0 saturated heterocycles. The zero-order valence-corrected chi connectivity index (χ0v) is 9.40. The Morgan fingerprint density at radius 1 is 1.28 bits per heavy atom. The Bertz CT molecular complexity index is 587. The van der Waals surface area contributed by atoms with Gasteiger partial charge in [-0.05, 0) is 18.2 Å². The van der Waals surface area contributed by atoms with Gasteiger partial charge in [0.15, 0.2) is 6.29 Å². The van der Waals surface area contributed by atoms with Crippen molar-refractivity contribution in [3.8, 4) is 11.3 Å². The van der Waals surface area contributed by atoms with Crippen LogP contribution in [-0.2, 0) is 13.2 Å². The number of hydrogen-bond donors (Lipinski definition) is 0. The molecule has 94 valence electrons. The summed E-state index contributed by atoms with van der Waals surface area (Å²) in [4.78, 5) is 10.7. The van der Waals surface area contributed by atoms with Gasteiger partial charge in [0.25, 0.3) is 0 Å². The average Bonchev–Trinajstić information content (AvgIpc) is 2.70. The second kappa shape index (κ2) is 4.29. The van der Waals surface area contributed by atoms with Crippen LogP contribution in [0.1, 0.15) is 16.1 Å². The number of carbonyl (C=O) groups is 1. The maximum Gasteiger partial charge on any atom is 0.416 e. The van der Waals surface area contributed by atoms with Gasteiger partial charge in [-0.25, -0.2) is 0 Å². The molecule has 0 amide bonds. The fourth-order valence-electron chi connectivity index (χ4n) is 1.59. The summed E-state index contributed by atoms with van der Waals surface area (Å²) in [5, 5.41) is 3.99. The molecule has 0 radical (unpaired) electrons. The lowest BCUT2D eigenvalue weighted by Crippen LogP contribution is -2.04. The van der Waals surface area contributed by atoms with Gasteiger partial charge in [0.2, 0.25) is 0 Å². The summed E-state index contributed by atoms with van der Waals surface area (Å²) >= 11 is 0. The number of aryl methyl sites for hydroxylation is 1. The number of benzene rings is 1. The van der Waals surface area contributed by atoms with Gasteiger partial charge >= 0.3 is 6.18 Å². The molecule has 2 rings (SSSR count). The highest BCUT2D eigenvalue weighted by molar-refractivity contribution is 5.75. The number of aromatic nitrogens is 2. The summed E-state index contributed by atoms with van der Waals surface area (Å²) < 4.78 is 39.0. The van der Waals surface area contributed by atoms with Crippen LogP contribution in [0, 0.1) is 0 Å². The first-order valence-electron chi connectivity index (χ1n) is 5.08. The molecule has 2 aromatic rings. The minimum Gasteiger partial charge on any atom is -0.296 e. The van der Waals surface area contributed by atoms with Crippen molar-refractivity contribution in [1.82, 2.24) is 9.78 Å². The average molecular weight is 254 g/mol.